The van der Waals surface area contributed by atoms with Gasteiger partial charge in [0.05, 0.1) is 13.2 Å². The van der Waals surface area contributed by atoms with Crippen LogP contribution in [0.5, 0.6) is 0 Å². The lowest BCUT2D eigenvalue weighted by Crippen LogP contribution is -2.18. The number of ether oxygens (including phenoxy) is 2. The second kappa shape index (κ2) is 11.7. The van der Waals surface area contributed by atoms with Crippen LogP contribution < -0.4 is 0 Å². The van der Waals surface area contributed by atoms with Crippen molar-refractivity contribution in [3.8, 4) is 0 Å². The Morgan fingerprint density at radius 1 is 0.750 bits per heavy atom. The molecule has 24 heavy (non-hydrogen) atoms. The fourth-order valence-corrected chi connectivity index (χ4v) is 1.72. The first-order valence-corrected chi connectivity index (χ1v) is 7.80. The predicted octanol–water partition coefficient (Wildman–Crippen LogP) is 3.88. The third kappa shape index (κ3) is 7.40. The number of rotatable bonds is 5. The smallest absolute Gasteiger partial charge is 0.345 e. The molecule has 0 fully saturated rings. The minimum atomic E-state index is -0.667. The van der Waals surface area contributed by atoms with Crippen LogP contribution in [-0.2, 0) is 19.1 Å². The molecule has 0 bridgehead atoms. The zero-order valence-corrected chi connectivity index (χ0v) is 14.0. The van der Waals surface area contributed by atoms with Gasteiger partial charge in [-0.3, -0.25) is 0 Å². The molecule has 0 heterocycles. The molecule has 0 aliphatic rings. The van der Waals surface area contributed by atoms with Crippen molar-refractivity contribution in [3.63, 3.8) is 0 Å². The van der Waals surface area contributed by atoms with Gasteiger partial charge in [-0.2, -0.15) is 0 Å². The lowest BCUT2D eigenvalue weighted by Gasteiger charge is -2.06. The Morgan fingerprint density at radius 3 is 1.50 bits per heavy atom. The Hall–Kier alpha value is -2.88. The van der Waals surface area contributed by atoms with Crippen molar-refractivity contribution in [2.75, 3.05) is 13.2 Å². The standard InChI is InChI=1S/C14H16O4.C6H6/c1-3-17-13(15)12(14(16)18-4-2)10-11-8-6-5-7-9-11;1-2-4-6-5-3-1/h5-10H,3-4H2,1-2H3;1-6H. The van der Waals surface area contributed by atoms with Gasteiger partial charge >= 0.3 is 11.9 Å². The van der Waals surface area contributed by atoms with Crippen molar-refractivity contribution in [2.45, 2.75) is 13.8 Å². The van der Waals surface area contributed by atoms with Crippen LogP contribution in [0.15, 0.2) is 72.3 Å². The summed E-state index contributed by atoms with van der Waals surface area (Å²) in [7, 11) is 0. The molecule has 0 aliphatic carbocycles. The number of hydrogen-bond donors (Lipinski definition) is 0. The second-order valence-corrected chi connectivity index (χ2v) is 4.56. The summed E-state index contributed by atoms with van der Waals surface area (Å²) in [5.41, 5.74) is 0.651. The molecule has 0 radical (unpaired) electrons. The van der Waals surface area contributed by atoms with Crippen LogP contribution in [0.2, 0.25) is 0 Å². The average molecular weight is 326 g/mol. The van der Waals surface area contributed by atoms with Crippen LogP contribution in [0.4, 0.5) is 0 Å². The fourth-order valence-electron chi connectivity index (χ4n) is 1.72. The van der Waals surface area contributed by atoms with Crippen LogP contribution in [0.1, 0.15) is 19.4 Å². The van der Waals surface area contributed by atoms with Crippen molar-refractivity contribution < 1.29 is 19.1 Å². The molecule has 0 aromatic heterocycles. The van der Waals surface area contributed by atoms with Crippen LogP contribution >= 0.6 is 0 Å². The summed E-state index contributed by atoms with van der Waals surface area (Å²) in [6, 6.07) is 21.1. The van der Waals surface area contributed by atoms with E-state index in [4.69, 9.17) is 9.47 Å². The highest BCUT2D eigenvalue weighted by Crippen LogP contribution is 2.10. The van der Waals surface area contributed by atoms with E-state index in [1.807, 2.05) is 54.6 Å². The number of hydrogen-bond acceptors (Lipinski definition) is 4. The van der Waals surface area contributed by atoms with Crippen molar-refractivity contribution in [2.24, 2.45) is 0 Å². The van der Waals surface area contributed by atoms with E-state index in [1.54, 1.807) is 26.0 Å². The van der Waals surface area contributed by atoms with E-state index in [1.165, 1.54) is 6.08 Å². The largest absolute Gasteiger partial charge is 0.462 e. The summed E-state index contributed by atoms with van der Waals surface area (Å²) in [6.45, 7) is 3.79. The topological polar surface area (TPSA) is 52.6 Å². The SMILES string of the molecule is CCOC(=O)C(=Cc1ccccc1)C(=O)OCC.c1ccccc1. The molecule has 4 heteroatoms. The summed E-state index contributed by atoms with van der Waals surface area (Å²) >= 11 is 0. The minimum absolute atomic E-state index is 0.0927. The predicted molar refractivity (Wildman–Crippen MR) is 94.1 cm³/mol. The van der Waals surface area contributed by atoms with Gasteiger partial charge in [0.15, 0.2) is 0 Å². The highest BCUT2D eigenvalue weighted by Gasteiger charge is 2.20. The molecule has 0 N–H and O–H groups in total. The van der Waals surface area contributed by atoms with Gasteiger partial charge in [-0.1, -0.05) is 66.7 Å². The Kier molecular flexibility index (Phi) is 9.31. The van der Waals surface area contributed by atoms with Gasteiger partial charge < -0.3 is 9.47 Å². The molecule has 0 aliphatic heterocycles. The molecule has 0 saturated heterocycles. The molecule has 2 aromatic carbocycles. The Labute approximate surface area is 142 Å². The molecule has 0 unspecified atom stereocenters. The summed E-state index contributed by atoms with van der Waals surface area (Å²) in [5.74, 6) is -1.33. The maximum absolute atomic E-state index is 11.7. The third-order valence-electron chi connectivity index (χ3n) is 2.77. The molecule has 126 valence electrons. The van der Waals surface area contributed by atoms with E-state index in [0.29, 0.717) is 0 Å². The van der Waals surface area contributed by atoms with Gasteiger partial charge in [0.2, 0.25) is 0 Å². The van der Waals surface area contributed by atoms with E-state index < -0.39 is 11.9 Å². The number of esters is 2. The third-order valence-corrected chi connectivity index (χ3v) is 2.77. The molecule has 0 atom stereocenters. The average Bonchev–Trinajstić information content (AvgIpc) is 2.63. The maximum Gasteiger partial charge on any atom is 0.345 e. The van der Waals surface area contributed by atoms with E-state index in [2.05, 4.69) is 0 Å². The summed E-state index contributed by atoms with van der Waals surface area (Å²) in [5, 5.41) is 0. The highest BCUT2D eigenvalue weighted by molar-refractivity contribution is 6.17. The first-order chi connectivity index (χ1) is 11.7. The van der Waals surface area contributed by atoms with Gasteiger partial charge in [-0.15, -0.1) is 0 Å². The van der Waals surface area contributed by atoms with Crippen LogP contribution in [0, 0.1) is 0 Å². The second-order valence-electron chi connectivity index (χ2n) is 4.56. The van der Waals surface area contributed by atoms with Crippen molar-refractivity contribution in [1.29, 1.82) is 0 Å². The molecule has 2 aromatic rings. The molecular weight excluding hydrogens is 304 g/mol. The summed E-state index contributed by atoms with van der Waals surface area (Å²) in [4.78, 5) is 23.3. The van der Waals surface area contributed by atoms with Crippen LogP contribution in [0.3, 0.4) is 0 Å². The lowest BCUT2D eigenvalue weighted by molar-refractivity contribution is -0.146. The normalized spacial score (nSPS) is 9.08. The van der Waals surface area contributed by atoms with Crippen molar-refractivity contribution in [1.82, 2.24) is 0 Å². The zero-order valence-electron chi connectivity index (χ0n) is 14.0. The van der Waals surface area contributed by atoms with E-state index in [9.17, 15) is 9.59 Å². The molecular formula is C20H22O4. The Morgan fingerprint density at radius 2 is 1.12 bits per heavy atom. The number of carbonyl (C=O) groups excluding carboxylic acids is 2. The van der Waals surface area contributed by atoms with Crippen molar-refractivity contribution in [3.05, 3.63) is 77.9 Å². The van der Waals surface area contributed by atoms with Crippen LogP contribution in [0.25, 0.3) is 6.08 Å². The van der Waals surface area contributed by atoms with E-state index in [0.717, 1.165) is 5.56 Å². The quantitative estimate of drug-likeness (QED) is 0.362. The van der Waals surface area contributed by atoms with E-state index in [-0.39, 0.29) is 18.8 Å². The molecule has 0 amide bonds. The molecule has 2 rings (SSSR count). The van der Waals surface area contributed by atoms with Gasteiger partial charge in [-0.25, -0.2) is 9.59 Å². The lowest BCUT2D eigenvalue weighted by atomic mass is 10.1. The molecule has 4 nitrogen and oxygen atoms in total. The van der Waals surface area contributed by atoms with Gasteiger partial charge in [0.25, 0.3) is 0 Å². The highest BCUT2D eigenvalue weighted by atomic mass is 16.6. The molecule has 0 spiro atoms. The Balaban J connectivity index is 0.000000400. The molecule has 0 saturated carbocycles. The summed E-state index contributed by atoms with van der Waals surface area (Å²) < 4.78 is 9.67. The van der Waals surface area contributed by atoms with Crippen LogP contribution in [-0.4, -0.2) is 25.2 Å². The Bertz CT molecular complexity index is 586. The fraction of sp³-hybridized carbons (Fsp3) is 0.200. The first kappa shape index (κ1) is 19.2. The van der Waals surface area contributed by atoms with Gasteiger partial charge in [0.1, 0.15) is 5.57 Å². The zero-order chi connectivity index (χ0) is 17.6. The number of benzene rings is 2. The first-order valence-electron chi connectivity index (χ1n) is 7.80. The minimum Gasteiger partial charge on any atom is -0.462 e. The van der Waals surface area contributed by atoms with Crippen molar-refractivity contribution >= 4 is 18.0 Å². The van der Waals surface area contributed by atoms with Gasteiger partial charge in [-0.05, 0) is 25.5 Å². The summed E-state index contributed by atoms with van der Waals surface area (Å²) in [6.07, 6.45) is 1.47. The van der Waals surface area contributed by atoms with E-state index >= 15 is 0 Å². The maximum atomic E-state index is 11.7. The monoisotopic (exact) mass is 326 g/mol. The van der Waals surface area contributed by atoms with Gasteiger partial charge in [0, 0.05) is 0 Å². The number of carbonyl (C=O) groups is 2.